The molecule has 1 saturated carbocycles. The number of Topliss-reactive ketones (excluding diaryl/α,β-unsaturated/α-hetero) is 1. The molecule has 0 amide bonds. The van der Waals surface area contributed by atoms with Crippen molar-refractivity contribution < 1.29 is 4.79 Å². The number of hydrogen-bond donors (Lipinski definition) is 0. The zero-order chi connectivity index (χ0) is 12.3. The minimum Gasteiger partial charge on any atom is -0.295 e. The van der Waals surface area contributed by atoms with Crippen molar-refractivity contribution in [3.8, 4) is 0 Å². The highest BCUT2D eigenvalue weighted by Crippen LogP contribution is 2.33. The predicted octanol–water partition coefficient (Wildman–Crippen LogP) is 4.50. The van der Waals surface area contributed by atoms with Crippen LogP contribution in [0, 0.1) is 0 Å². The van der Waals surface area contributed by atoms with Crippen LogP contribution in [0.25, 0.3) is 0 Å². The van der Waals surface area contributed by atoms with Crippen LogP contribution in [0.1, 0.15) is 73.4 Å². The summed E-state index contributed by atoms with van der Waals surface area (Å²) in [5.74, 6) is 0.923. The molecule has 0 bridgehead atoms. The fraction of sp³-hybridized carbons (Fsp3) is 0.562. The molecule has 0 aromatic heterocycles. The highest BCUT2D eigenvalue weighted by molar-refractivity contribution is 5.95. The van der Waals surface area contributed by atoms with E-state index in [9.17, 15) is 4.79 Å². The number of ketones is 1. The van der Waals surface area contributed by atoms with Crippen LogP contribution in [0.3, 0.4) is 0 Å². The van der Waals surface area contributed by atoms with E-state index in [1.807, 2.05) is 6.07 Å². The molecule has 1 aromatic rings. The third-order valence-electron chi connectivity index (χ3n) is 3.97. The zero-order valence-electron chi connectivity index (χ0n) is 11.0. The Hall–Kier alpha value is -1.11. The second kappa shape index (κ2) is 5.48. The molecule has 92 valence electrons. The van der Waals surface area contributed by atoms with Gasteiger partial charge in [0, 0.05) is 5.56 Å². The van der Waals surface area contributed by atoms with E-state index in [1.54, 1.807) is 6.92 Å². The van der Waals surface area contributed by atoms with Crippen molar-refractivity contribution in [2.45, 2.75) is 58.3 Å². The van der Waals surface area contributed by atoms with Crippen molar-refractivity contribution in [2.75, 3.05) is 0 Å². The molecular formula is C16H22O. The first-order chi connectivity index (χ1) is 8.22. The molecule has 1 aliphatic carbocycles. The normalized spacial score (nSPS) is 17.1. The van der Waals surface area contributed by atoms with Gasteiger partial charge in [-0.25, -0.2) is 0 Å². The second-order valence-corrected chi connectivity index (χ2v) is 5.16. The number of carbonyl (C=O) groups excluding carboxylic acids is 1. The Kier molecular flexibility index (Phi) is 3.98. The summed E-state index contributed by atoms with van der Waals surface area (Å²) in [4.78, 5) is 11.5. The van der Waals surface area contributed by atoms with Crippen LogP contribution in [0.2, 0.25) is 0 Å². The fourth-order valence-electron chi connectivity index (χ4n) is 2.94. The highest BCUT2D eigenvalue weighted by atomic mass is 16.1. The van der Waals surface area contributed by atoms with Gasteiger partial charge in [0.1, 0.15) is 0 Å². The quantitative estimate of drug-likeness (QED) is 0.699. The molecule has 2 rings (SSSR count). The second-order valence-electron chi connectivity index (χ2n) is 5.16. The maximum atomic E-state index is 11.5. The van der Waals surface area contributed by atoms with E-state index in [0.29, 0.717) is 0 Å². The van der Waals surface area contributed by atoms with Crippen LogP contribution >= 0.6 is 0 Å². The topological polar surface area (TPSA) is 17.1 Å². The van der Waals surface area contributed by atoms with Crippen LogP contribution < -0.4 is 0 Å². The number of benzene rings is 1. The maximum Gasteiger partial charge on any atom is 0.160 e. The first-order valence-electron chi connectivity index (χ1n) is 6.86. The van der Waals surface area contributed by atoms with Crippen LogP contribution in [-0.2, 0) is 6.42 Å². The van der Waals surface area contributed by atoms with Crippen LogP contribution in [0.4, 0.5) is 0 Å². The van der Waals surface area contributed by atoms with Gasteiger partial charge in [-0.15, -0.1) is 0 Å². The Bertz CT molecular complexity index is 400. The molecule has 1 fully saturated rings. The van der Waals surface area contributed by atoms with Crippen molar-refractivity contribution in [3.63, 3.8) is 0 Å². The van der Waals surface area contributed by atoms with Crippen molar-refractivity contribution in [1.29, 1.82) is 0 Å². The molecule has 0 radical (unpaired) electrons. The van der Waals surface area contributed by atoms with Crippen molar-refractivity contribution in [2.24, 2.45) is 0 Å². The standard InChI is InChI=1S/C16H22O/c1-3-13-11-15(9-10-16(13)12(2)17)14-7-5-4-6-8-14/h9-11,14H,3-8H2,1-2H3. The summed E-state index contributed by atoms with van der Waals surface area (Å²) in [6.45, 7) is 3.79. The molecule has 1 heteroatoms. The Labute approximate surface area is 104 Å². The Morgan fingerprint density at radius 1 is 1.24 bits per heavy atom. The predicted molar refractivity (Wildman–Crippen MR) is 71.7 cm³/mol. The van der Waals surface area contributed by atoms with E-state index >= 15 is 0 Å². The summed E-state index contributed by atoms with van der Waals surface area (Å²) in [6, 6.07) is 6.48. The smallest absolute Gasteiger partial charge is 0.160 e. The lowest BCUT2D eigenvalue weighted by molar-refractivity contribution is 0.101. The number of hydrogen-bond acceptors (Lipinski definition) is 1. The lowest BCUT2D eigenvalue weighted by atomic mass is 9.82. The number of aryl methyl sites for hydroxylation is 1. The van der Waals surface area contributed by atoms with E-state index in [4.69, 9.17) is 0 Å². The van der Waals surface area contributed by atoms with E-state index in [0.717, 1.165) is 17.9 Å². The van der Waals surface area contributed by atoms with Gasteiger partial charge in [-0.3, -0.25) is 4.79 Å². The first-order valence-corrected chi connectivity index (χ1v) is 6.86. The monoisotopic (exact) mass is 230 g/mol. The summed E-state index contributed by atoms with van der Waals surface area (Å²) in [6.07, 6.45) is 7.71. The minimum absolute atomic E-state index is 0.192. The maximum absolute atomic E-state index is 11.5. The van der Waals surface area contributed by atoms with Gasteiger partial charge in [0.15, 0.2) is 5.78 Å². The van der Waals surface area contributed by atoms with Gasteiger partial charge in [0.25, 0.3) is 0 Å². The molecule has 1 nitrogen and oxygen atoms in total. The molecule has 0 aliphatic heterocycles. The van der Waals surface area contributed by atoms with Gasteiger partial charge in [-0.2, -0.15) is 0 Å². The lowest BCUT2D eigenvalue weighted by Gasteiger charge is -2.23. The summed E-state index contributed by atoms with van der Waals surface area (Å²) < 4.78 is 0. The summed E-state index contributed by atoms with van der Waals surface area (Å²) in [5.41, 5.74) is 3.58. The van der Waals surface area contributed by atoms with Gasteiger partial charge in [-0.1, -0.05) is 44.4 Å². The average Bonchev–Trinajstić information content (AvgIpc) is 2.39. The number of rotatable bonds is 3. The molecule has 0 atom stereocenters. The van der Waals surface area contributed by atoms with Gasteiger partial charge >= 0.3 is 0 Å². The first kappa shape index (κ1) is 12.3. The van der Waals surface area contributed by atoms with Gasteiger partial charge in [0.05, 0.1) is 0 Å². The molecule has 0 spiro atoms. The van der Waals surface area contributed by atoms with E-state index in [-0.39, 0.29) is 5.78 Å². The fourth-order valence-corrected chi connectivity index (χ4v) is 2.94. The van der Waals surface area contributed by atoms with Crippen molar-refractivity contribution in [3.05, 3.63) is 34.9 Å². The lowest BCUT2D eigenvalue weighted by Crippen LogP contribution is -2.07. The minimum atomic E-state index is 0.192. The van der Waals surface area contributed by atoms with Gasteiger partial charge < -0.3 is 0 Å². The molecule has 0 saturated heterocycles. The summed E-state index contributed by atoms with van der Waals surface area (Å²) >= 11 is 0. The molecule has 0 N–H and O–H groups in total. The average molecular weight is 230 g/mol. The van der Waals surface area contributed by atoms with Crippen LogP contribution in [0.5, 0.6) is 0 Å². The third-order valence-corrected chi connectivity index (χ3v) is 3.97. The van der Waals surface area contributed by atoms with Crippen LogP contribution in [-0.4, -0.2) is 5.78 Å². The van der Waals surface area contributed by atoms with E-state index < -0.39 is 0 Å². The number of carbonyl (C=O) groups is 1. The largest absolute Gasteiger partial charge is 0.295 e. The third kappa shape index (κ3) is 2.77. The molecule has 17 heavy (non-hydrogen) atoms. The summed E-state index contributed by atoms with van der Waals surface area (Å²) in [5, 5.41) is 0. The Morgan fingerprint density at radius 2 is 1.94 bits per heavy atom. The Morgan fingerprint density at radius 3 is 2.53 bits per heavy atom. The highest BCUT2D eigenvalue weighted by Gasteiger charge is 2.17. The van der Waals surface area contributed by atoms with Gasteiger partial charge in [0.2, 0.25) is 0 Å². The van der Waals surface area contributed by atoms with Crippen molar-refractivity contribution >= 4 is 5.78 Å². The molecule has 0 heterocycles. The SMILES string of the molecule is CCc1cc(C2CCCCC2)ccc1C(C)=O. The molecule has 1 aliphatic rings. The molecular weight excluding hydrogens is 208 g/mol. The zero-order valence-corrected chi connectivity index (χ0v) is 11.0. The van der Waals surface area contributed by atoms with E-state index in [1.165, 1.54) is 43.2 Å². The van der Waals surface area contributed by atoms with Gasteiger partial charge in [-0.05, 0) is 43.2 Å². The van der Waals surface area contributed by atoms with Crippen LogP contribution in [0.15, 0.2) is 18.2 Å². The molecule has 1 aromatic carbocycles. The Balaban J connectivity index is 2.27. The van der Waals surface area contributed by atoms with E-state index in [2.05, 4.69) is 19.1 Å². The van der Waals surface area contributed by atoms with Crippen molar-refractivity contribution in [1.82, 2.24) is 0 Å². The summed E-state index contributed by atoms with van der Waals surface area (Å²) in [7, 11) is 0. The molecule has 0 unspecified atom stereocenters.